The first-order valence-electron chi connectivity index (χ1n) is 4.40. The molecular weight excluding hydrogens is 223 g/mol. The second-order valence-corrected chi connectivity index (χ2v) is 4.29. The maximum absolute atomic E-state index is 11.6. The number of hydrogen-bond donors (Lipinski definition) is 0. The summed E-state index contributed by atoms with van der Waals surface area (Å²) in [7, 11) is 0. The Kier molecular flexibility index (Phi) is 2.50. The highest BCUT2D eigenvalue weighted by atomic mass is 35.5. The van der Waals surface area contributed by atoms with Crippen LogP contribution >= 0.6 is 23.2 Å². The topological polar surface area (TPSA) is 34.1 Å². The van der Waals surface area contributed by atoms with Crippen molar-refractivity contribution in [2.75, 3.05) is 0 Å². The smallest absolute Gasteiger partial charge is 0.183 e. The molecule has 0 saturated heterocycles. The normalized spacial score (nSPS) is 32.1. The van der Waals surface area contributed by atoms with Gasteiger partial charge in [-0.3, -0.25) is 9.59 Å². The van der Waals surface area contributed by atoms with Gasteiger partial charge in [0.25, 0.3) is 0 Å². The van der Waals surface area contributed by atoms with Crippen LogP contribution in [0, 0.1) is 0 Å². The second kappa shape index (κ2) is 3.52. The van der Waals surface area contributed by atoms with Gasteiger partial charge >= 0.3 is 0 Å². The molecule has 2 atom stereocenters. The summed E-state index contributed by atoms with van der Waals surface area (Å²) in [5.74, 6) is -0.450. The number of rotatable bonds is 0. The van der Waals surface area contributed by atoms with Gasteiger partial charge in [0.15, 0.2) is 11.6 Å². The van der Waals surface area contributed by atoms with Crippen LogP contribution in [0.5, 0.6) is 0 Å². The molecule has 0 N–H and O–H groups in total. The maximum Gasteiger partial charge on any atom is 0.183 e. The first-order valence-corrected chi connectivity index (χ1v) is 5.27. The number of carbonyl (C=O) groups excluding carboxylic acids is 2. The first-order chi connectivity index (χ1) is 6.63. The number of fused-ring (bicyclic) bond motifs is 1. The zero-order valence-electron chi connectivity index (χ0n) is 7.30. The lowest BCUT2D eigenvalue weighted by molar-refractivity contribution is -0.122. The van der Waals surface area contributed by atoms with E-state index in [4.69, 9.17) is 23.2 Å². The monoisotopic (exact) mass is 230 g/mol. The molecule has 0 aromatic carbocycles. The van der Waals surface area contributed by atoms with Crippen LogP contribution in [-0.4, -0.2) is 22.3 Å². The molecule has 0 amide bonds. The SMILES string of the molecule is O=C1C2=CCCC=C2C(=O)C(Cl)C1Cl. The van der Waals surface area contributed by atoms with E-state index in [0.717, 1.165) is 12.8 Å². The van der Waals surface area contributed by atoms with Gasteiger partial charge in [0.1, 0.15) is 10.8 Å². The summed E-state index contributed by atoms with van der Waals surface area (Å²) in [5, 5.41) is -1.82. The van der Waals surface area contributed by atoms with E-state index < -0.39 is 10.8 Å². The van der Waals surface area contributed by atoms with Crippen molar-refractivity contribution in [1.82, 2.24) is 0 Å². The fraction of sp³-hybridized carbons (Fsp3) is 0.400. The van der Waals surface area contributed by atoms with E-state index in [-0.39, 0.29) is 11.6 Å². The Hall–Kier alpha value is -0.600. The minimum atomic E-state index is -0.911. The summed E-state index contributed by atoms with van der Waals surface area (Å²) in [6, 6.07) is 0. The molecule has 2 aliphatic rings. The second-order valence-electron chi connectivity index (χ2n) is 3.34. The van der Waals surface area contributed by atoms with Gasteiger partial charge in [0.05, 0.1) is 0 Å². The Morgan fingerprint density at radius 3 is 1.64 bits per heavy atom. The van der Waals surface area contributed by atoms with E-state index >= 15 is 0 Å². The molecule has 0 aromatic rings. The van der Waals surface area contributed by atoms with Crippen LogP contribution < -0.4 is 0 Å². The molecule has 2 unspecified atom stereocenters. The van der Waals surface area contributed by atoms with E-state index in [0.29, 0.717) is 11.1 Å². The molecule has 1 fully saturated rings. The van der Waals surface area contributed by atoms with Gasteiger partial charge in [0.2, 0.25) is 0 Å². The highest BCUT2D eigenvalue weighted by Gasteiger charge is 2.41. The van der Waals surface area contributed by atoms with Crippen LogP contribution in [-0.2, 0) is 9.59 Å². The summed E-state index contributed by atoms with van der Waals surface area (Å²) in [4.78, 5) is 23.3. The average molecular weight is 231 g/mol. The van der Waals surface area contributed by atoms with Gasteiger partial charge in [-0.2, -0.15) is 0 Å². The zero-order chi connectivity index (χ0) is 10.3. The summed E-state index contributed by atoms with van der Waals surface area (Å²) in [5.41, 5.74) is 0.913. The molecule has 0 aliphatic heterocycles. The van der Waals surface area contributed by atoms with Crippen molar-refractivity contribution in [2.45, 2.75) is 23.6 Å². The van der Waals surface area contributed by atoms with Gasteiger partial charge in [-0.1, -0.05) is 12.2 Å². The molecule has 4 heteroatoms. The van der Waals surface area contributed by atoms with Crippen LogP contribution in [0.25, 0.3) is 0 Å². The molecule has 0 spiro atoms. The fourth-order valence-corrected chi connectivity index (χ4v) is 2.17. The Morgan fingerprint density at radius 2 is 1.29 bits per heavy atom. The van der Waals surface area contributed by atoms with Gasteiger partial charge < -0.3 is 0 Å². The highest BCUT2D eigenvalue weighted by Crippen LogP contribution is 2.32. The van der Waals surface area contributed by atoms with Gasteiger partial charge in [0, 0.05) is 11.1 Å². The third-order valence-electron chi connectivity index (χ3n) is 2.44. The Bertz CT molecular complexity index is 332. The Morgan fingerprint density at radius 1 is 0.929 bits per heavy atom. The summed E-state index contributed by atoms with van der Waals surface area (Å²) >= 11 is 11.5. The van der Waals surface area contributed by atoms with Crippen molar-refractivity contribution in [2.24, 2.45) is 0 Å². The van der Waals surface area contributed by atoms with Crippen LogP contribution in [0.2, 0.25) is 0 Å². The molecular formula is C10H8Cl2O2. The fourth-order valence-electron chi connectivity index (χ4n) is 1.70. The number of halogens is 2. The maximum atomic E-state index is 11.6. The number of carbonyl (C=O) groups is 2. The summed E-state index contributed by atoms with van der Waals surface area (Å²) in [6.45, 7) is 0. The van der Waals surface area contributed by atoms with Crippen molar-refractivity contribution < 1.29 is 9.59 Å². The predicted octanol–water partition coefficient (Wildman–Crippen LogP) is 2.00. The minimum absolute atomic E-state index is 0.225. The number of Topliss-reactive ketones (excluding diaryl/α,β-unsaturated/α-hetero) is 2. The largest absolute Gasteiger partial charge is 0.292 e. The standard InChI is InChI=1S/C10H8Cl2O2/c11-7-8(12)10(14)6-4-2-1-3-5(6)9(7)13/h3-4,7-8H,1-2H2. The molecule has 74 valence electrons. The number of hydrogen-bond acceptors (Lipinski definition) is 2. The van der Waals surface area contributed by atoms with Crippen LogP contribution in [0.4, 0.5) is 0 Å². The van der Waals surface area contributed by atoms with E-state index in [1.807, 2.05) is 0 Å². The molecule has 0 heterocycles. The van der Waals surface area contributed by atoms with Crippen LogP contribution in [0.15, 0.2) is 23.3 Å². The Balaban J connectivity index is 2.46. The molecule has 2 aliphatic carbocycles. The zero-order valence-corrected chi connectivity index (χ0v) is 8.81. The van der Waals surface area contributed by atoms with Crippen LogP contribution in [0.3, 0.4) is 0 Å². The molecule has 1 saturated carbocycles. The molecule has 0 bridgehead atoms. The van der Waals surface area contributed by atoms with E-state index in [1.165, 1.54) is 0 Å². The minimum Gasteiger partial charge on any atom is -0.292 e. The highest BCUT2D eigenvalue weighted by molar-refractivity contribution is 6.49. The lowest BCUT2D eigenvalue weighted by Gasteiger charge is -2.26. The third kappa shape index (κ3) is 1.33. The quantitative estimate of drug-likeness (QED) is 0.597. The van der Waals surface area contributed by atoms with Crippen LogP contribution in [0.1, 0.15) is 12.8 Å². The number of alkyl halides is 2. The van der Waals surface area contributed by atoms with Gasteiger partial charge in [-0.15, -0.1) is 23.2 Å². The first kappa shape index (κ1) is 9.94. The average Bonchev–Trinajstić information content (AvgIpc) is 2.23. The molecule has 2 rings (SSSR count). The van der Waals surface area contributed by atoms with Crippen molar-refractivity contribution in [3.63, 3.8) is 0 Å². The lowest BCUT2D eigenvalue weighted by Crippen LogP contribution is -2.41. The summed E-state index contributed by atoms with van der Waals surface area (Å²) in [6.07, 6.45) is 5.12. The van der Waals surface area contributed by atoms with Crippen molar-refractivity contribution >= 4 is 34.8 Å². The van der Waals surface area contributed by atoms with Crippen molar-refractivity contribution in [3.05, 3.63) is 23.3 Å². The van der Waals surface area contributed by atoms with Gasteiger partial charge in [-0.25, -0.2) is 0 Å². The predicted molar refractivity (Wildman–Crippen MR) is 54.7 cm³/mol. The van der Waals surface area contributed by atoms with Gasteiger partial charge in [-0.05, 0) is 12.8 Å². The van der Waals surface area contributed by atoms with E-state index in [1.54, 1.807) is 12.2 Å². The molecule has 0 radical (unpaired) electrons. The lowest BCUT2D eigenvalue weighted by atomic mass is 9.83. The van der Waals surface area contributed by atoms with Crippen molar-refractivity contribution in [1.29, 1.82) is 0 Å². The van der Waals surface area contributed by atoms with Crippen molar-refractivity contribution in [3.8, 4) is 0 Å². The third-order valence-corrected chi connectivity index (χ3v) is 3.47. The number of ketones is 2. The molecule has 14 heavy (non-hydrogen) atoms. The van der Waals surface area contributed by atoms with E-state index in [2.05, 4.69) is 0 Å². The Labute approximate surface area is 91.6 Å². The number of allylic oxidation sites excluding steroid dienone is 4. The summed E-state index contributed by atoms with van der Waals surface area (Å²) < 4.78 is 0. The molecule has 2 nitrogen and oxygen atoms in total. The van der Waals surface area contributed by atoms with E-state index in [9.17, 15) is 9.59 Å². The molecule has 0 aromatic heterocycles.